The summed E-state index contributed by atoms with van der Waals surface area (Å²) in [5.74, 6) is -1.52. The van der Waals surface area contributed by atoms with Crippen LogP contribution in [-0.2, 0) is 0 Å². The van der Waals surface area contributed by atoms with Gasteiger partial charge in [0.15, 0.2) is 11.6 Å². The summed E-state index contributed by atoms with van der Waals surface area (Å²) in [6.45, 7) is 1.78. The number of hydrogen-bond acceptors (Lipinski definition) is 2. The molecule has 0 spiro atoms. The summed E-state index contributed by atoms with van der Waals surface area (Å²) in [5.41, 5.74) is 1.66. The Bertz CT molecular complexity index is 570. The first-order chi connectivity index (χ1) is 9.08. The Morgan fingerprint density at radius 3 is 2.58 bits per heavy atom. The minimum absolute atomic E-state index is 0.0750. The molecule has 2 nitrogen and oxygen atoms in total. The van der Waals surface area contributed by atoms with E-state index in [-0.39, 0.29) is 12.4 Å². The molecular formula is C15H14F2O2. The highest BCUT2D eigenvalue weighted by Crippen LogP contribution is 2.21. The molecule has 0 amide bonds. The molecule has 0 heterocycles. The summed E-state index contributed by atoms with van der Waals surface area (Å²) >= 11 is 0. The monoisotopic (exact) mass is 264 g/mol. The van der Waals surface area contributed by atoms with E-state index in [0.717, 1.165) is 23.3 Å². The SMILES string of the molecule is Cc1ccccc1C(O)COc1ccc(F)cc1F. The van der Waals surface area contributed by atoms with Crippen LogP contribution >= 0.6 is 0 Å². The standard InChI is InChI=1S/C15H14F2O2/c1-10-4-2-3-5-12(10)14(18)9-19-15-7-6-11(16)8-13(15)17/h2-8,14,18H,9H2,1H3. The predicted molar refractivity (Wildman–Crippen MR) is 68.0 cm³/mol. The van der Waals surface area contributed by atoms with E-state index in [1.165, 1.54) is 6.07 Å². The Morgan fingerprint density at radius 1 is 1.16 bits per heavy atom. The first kappa shape index (κ1) is 13.5. The van der Waals surface area contributed by atoms with Crippen molar-refractivity contribution in [2.75, 3.05) is 6.61 Å². The van der Waals surface area contributed by atoms with Gasteiger partial charge in [-0.1, -0.05) is 24.3 Å². The molecule has 0 aliphatic rings. The lowest BCUT2D eigenvalue weighted by Crippen LogP contribution is -2.11. The van der Waals surface area contributed by atoms with Crippen LogP contribution in [0.2, 0.25) is 0 Å². The largest absolute Gasteiger partial charge is 0.487 e. The minimum Gasteiger partial charge on any atom is -0.487 e. The summed E-state index contributed by atoms with van der Waals surface area (Å²) in [6.07, 6.45) is -0.856. The maximum absolute atomic E-state index is 13.3. The fraction of sp³-hybridized carbons (Fsp3) is 0.200. The molecule has 100 valence electrons. The van der Waals surface area contributed by atoms with Gasteiger partial charge in [-0.25, -0.2) is 8.78 Å². The van der Waals surface area contributed by atoms with Gasteiger partial charge in [-0.3, -0.25) is 0 Å². The van der Waals surface area contributed by atoms with E-state index in [9.17, 15) is 13.9 Å². The molecule has 19 heavy (non-hydrogen) atoms. The van der Waals surface area contributed by atoms with Crippen LogP contribution in [-0.4, -0.2) is 11.7 Å². The first-order valence-electron chi connectivity index (χ1n) is 5.89. The second-order valence-electron chi connectivity index (χ2n) is 4.26. The molecule has 1 N–H and O–H groups in total. The van der Waals surface area contributed by atoms with Crippen molar-refractivity contribution in [3.63, 3.8) is 0 Å². The van der Waals surface area contributed by atoms with Gasteiger partial charge in [0.2, 0.25) is 0 Å². The summed E-state index contributed by atoms with van der Waals surface area (Å²) in [6, 6.07) is 10.4. The van der Waals surface area contributed by atoms with E-state index < -0.39 is 17.7 Å². The Kier molecular flexibility index (Phi) is 4.12. The normalized spacial score (nSPS) is 12.2. The number of hydrogen-bond donors (Lipinski definition) is 1. The van der Waals surface area contributed by atoms with Crippen molar-refractivity contribution in [3.8, 4) is 5.75 Å². The van der Waals surface area contributed by atoms with Gasteiger partial charge in [0.1, 0.15) is 18.5 Å². The van der Waals surface area contributed by atoms with Crippen LogP contribution in [0.3, 0.4) is 0 Å². The molecule has 4 heteroatoms. The smallest absolute Gasteiger partial charge is 0.167 e. The molecule has 0 aromatic heterocycles. The van der Waals surface area contributed by atoms with Crippen LogP contribution in [0.4, 0.5) is 8.78 Å². The van der Waals surface area contributed by atoms with Crippen molar-refractivity contribution in [2.24, 2.45) is 0 Å². The summed E-state index contributed by atoms with van der Waals surface area (Å²) in [7, 11) is 0. The molecule has 0 radical (unpaired) electrons. The summed E-state index contributed by atoms with van der Waals surface area (Å²) in [5, 5.41) is 9.99. The van der Waals surface area contributed by atoms with Crippen molar-refractivity contribution in [1.82, 2.24) is 0 Å². The minimum atomic E-state index is -0.856. The van der Waals surface area contributed by atoms with Gasteiger partial charge in [-0.15, -0.1) is 0 Å². The molecule has 2 aromatic carbocycles. The molecule has 1 atom stereocenters. The molecular weight excluding hydrogens is 250 g/mol. The highest BCUT2D eigenvalue weighted by molar-refractivity contribution is 5.28. The van der Waals surface area contributed by atoms with Crippen LogP contribution in [0.25, 0.3) is 0 Å². The number of ether oxygens (including phenoxy) is 1. The third-order valence-electron chi connectivity index (χ3n) is 2.84. The molecule has 0 bridgehead atoms. The lowest BCUT2D eigenvalue weighted by Gasteiger charge is -2.15. The quantitative estimate of drug-likeness (QED) is 0.917. The fourth-order valence-electron chi connectivity index (χ4n) is 1.81. The number of benzene rings is 2. The lowest BCUT2D eigenvalue weighted by molar-refractivity contribution is 0.105. The Morgan fingerprint density at radius 2 is 1.89 bits per heavy atom. The van der Waals surface area contributed by atoms with Gasteiger partial charge < -0.3 is 9.84 Å². The van der Waals surface area contributed by atoms with Crippen molar-refractivity contribution in [2.45, 2.75) is 13.0 Å². The van der Waals surface area contributed by atoms with Crippen molar-refractivity contribution >= 4 is 0 Å². The summed E-state index contributed by atoms with van der Waals surface area (Å²) < 4.78 is 31.2. The van der Waals surface area contributed by atoms with E-state index in [1.54, 1.807) is 6.07 Å². The predicted octanol–water partition coefficient (Wildman–Crippen LogP) is 3.39. The van der Waals surface area contributed by atoms with Gasteiger partial charge in [0.05, 0.1) is 0 Å². The Labute approximate surface area is 110 Å². The molecule has 1 unspecified atom stereocenters. The van der Waals surface area contributed by atoms with Crippen LogP contribution in [0.1, 0.15) is 17.2 Å². The molecule has 2 rings (SSSR count). The average Bonchev–Trinajstić information content (AvgIpc) is 2.38. The van der Waals surface area contributed by atoms with Gasteiger partial charge in [-0.2, -0.15) is 0 Å². The number of halogens is 2. The van der Waals surface area contributed by atoms with E-state index >= 15 is 0 Å². The van der Waals surface area contributed by atoms with E-state index in [0.29, 0.717) is 0 Å². The topological polar surface area (TPSA) is 29.5 Å². The lowest BCUT2D eigenvalue weighted by atomic mass is 10.0. The Balaban J connectivity index is 2.04. The summed E-state index contributed by atoms with van der Waals surface area (Å²) in [4.78, 5) is 0. The zero-order valence-electron chi connectivity index (χ0n) is 10.4. The van der Waals surface area contributed by atoms with Crippen LogP contribution in [0, 0.1) is 18.6 Å². The second kappa shape index (κ2) is 5.80. The molecule has 2 aromatic rings. The fourth-order valence-corrected chi connectivity index (χ4v) is 1.81. The average molecular weight is 264 g/mol. The molecule has 0 saturated carbocycles. The molecule has 0 aliphatic heterocycles. The zero-order valence-corrected chi connectivity index (χ0v) is 10.4. The number of aliphatic hydroxyl groups is 1. The maximum atomic E-state index is 13.3. The highest BCUT2D eigenvalue weighted by Gasteiger charge is 2.12. The van der Waals surface area contributed by atoms with Gasteiger partial charge in [0.25, 0.3) is 0 Å². The van der Waals surface area contributed by atoms with E-state index in [1.807, 2.05) is 25.1 Å². The Hall–Kier alpha value is -1.94. The van der Waals surface area contributed by atoms with Crippen LogP contribution in [0.15, 0.2) is 42.5 Å². The maximum Gasteiger partial charge on any atom is 0.167 e. The van der Waals surface area contributed by atoms with Crippen molar-refractivity contribution < 1.29 is 18.6 Å². The molecule has 0 aliphatic carbocycles. The van der Waals surface area contributed by atoms with E-state index in [2.05, 4.69) is 0 Å². The van der Waals surface area contributed by atoms with Crippen molar-refractivity contribution in [3.05, 3.63) is 65.2 Å². The van der Waals surface area contributed by atoms with Crippen molar-refractivity contribution in [1.29, 1.82) is 0 Å². The van der Waals surface area contributed by atoms with Gasteiger partial charge in [0, 0.05) is 6.07 Å². The molecule has 0 fully saturated rings. The van der Waals surface area contributed by atoms with Crippen LogP contribution < -0.4 is 4.74 Å². The second-order valence-corrected chi connectivity index (χ2v) is 4.26. The number of aliphatic hydroxyl groups excluding tert-OH is 1. The third-order valence-corrected chi connectivity index (χ3v) is 2.84. The van der Waals surface area contributed by atoms with Gasteiger partial charge in [-0.05, 0) is 30.2 Å². The zero-order chi connectivity index (χ0) is 13.8. The highest BCUT2D eigenvalue weighted by atomic mass is 19.1. The van der Waals surface area contributed by atoms with Crippen LogP contribution in [0.5, 0.6) is 5.75 Å². The third kappa shape index (κ3) is 3.29. The van der Waals surface area contributed by atoms with Gasteiger partial charge >= 0.3 is 0 Å². The van der Waals surface area contributed by atoms with E-state index in [4.69, 9.17) is 4.74 Å². The number of aryl methyl sites for hydroxylation is 1. The first-order valence-corrected chi connectivity index (χ1v) is 5.89. The molecule has 0 saturated heterocycles. The number of rotatable bonds is 4.